The van der Waals surface area contributed by atoms with Gasteiger partial charge in [0.15, 0.2) is 0 Å². The molecule has 0 saturated heterocycles. The van der Waals surface area contributed by atoms with Gasteiger partial charge in [-0.3, -0.25) is 0 Å². The van der Waals surface area contributed by atoms with Crippen molar-refractivity contribution in [2.24, 2.45) is 0 Å². The van der Waals surface area contributed by atoms with Crippen LogP contribution < -0.4 is 5.32 Å². The molecule has 0 heterocycles. The number of nitrogens with one attached hydrogen (secondary N) is 1. The number of hydrogen-bond acceptors (Lipinski definition) is 2. The average molecular weight is 246 g/mol. The molecule has 1 aromatic carbocycles. The van der Waals surface area contributed by atoms with E-state index in [1.807, 2.05) is 0 Å². The molecule has 0 aliphatic heterocycles. The lowest BCUT2D eigenvalue weighted by molar-refractivity contribution is 0.176. The van der Waals surface area contributed by atoms with Crippen molar-refractivity contribution in [3.05, 3.63) is 46.5 Å². The van der Waals surface area contributed by atoms with E-state index in [1.165, 1.54) is 0 Å². The zero-order valence-corrected chi connectivity index (χ0v) is 9.72. The third-order valence-corrected chi connectivity index (χ3v) is 2.69. The molecular weight excluding hydrogens is 233 g/mol. The van der Waals surface area contributed by atoms with Crippen molar-refractivity contribution >= 4 is 23.2 Å². The molecule has 1 rings (SSSR count). The highest BCUT2D eigenvalue weighted by Crippen LogP contribution is 2.25. The summed E-state index contributed by atoms with van der Waals surface area (Å²) in [6, 6.07) is 5.11. The van der Waals surface area contributed by atoms with Gasteiger partial charge >= 0.3 is 0 Å². The molecule has 2 N–H and O–H groups in total. The lowest BCUT2D eigenvalue weighted by atomic mass is 10.1. The Kier molecular flexibility index (Phi) is 5.12. The van der Waals surface area contributed by atoms with Crippen LogP contribution in [0.25, 0.3) is 0 Å². The van der Waals surface area contributed by atoms with Crippen LogP contribution in [0, 0.1) is 0 Å². The van der Waals surface area contributed by atoms with Gasteiger partial charge in [0.05, 0.1) is 16.1 Å². The first-order valence-corrected chi connectivity index (χ1v) is 5.35. The van der Waals surface area contributed by atoms with Gasteiger partial charge in [-0.1, -0.05) is 35.3 Å². The molecule has 1 aromatic rings. The van der Waals surface area contributed by atoms with E-state index in [9.17, 15) is 5.11 Å². The van der Waals surface area contributed by atoms with Crippen molar-refractivity contribution in [3.63, 3.8) is 0 Å². The monoisotopic (exact) mass is 245 g/mol. The predicted octanol–water partition coefficient (Wildman–Crippen LogP) is 2.80. The third-order valence-electron chi connectivity index (χ3n) is 1.95. The molecule has 0 aliphatic carbocycles. The number of rotatable bonds is 5. The van der Waals surface area contributed by atoms with Crippen molar-refractivity contribution in [2.75, 3.05) is 13.1 Å². The summed E-state index contributed by atoms with van der Waals surface area (Å²) >= 11 is 11.6. The number of hydrogen-bond donors (Lipinski definition) is 2. The molecule has 0 aliphatic rings. The lowest BCUT2D eigenvalue weighted by Crippen LogP contribution is -2.21. The quantitative estimate of drug-likeness (QED) is 0.618. The van der Waals surface area contributed by atoms with Gasteiger partial charge < -0.3 is 10.4 Å². The van der Waals surface area contributed by atoms with Crippen LogP contribution in [0.1, 0.15) is 11.7 Å². The zero-order valence-electron chi connectivity index (χ0n) is 8.21. The molecule has 1 unspecified atom stereocenters. The van der Waals surface area contributed by atoms with E-state index in [1.54, 1.807) is 24.3 Å². The lowest BCUT2D eigenvalue weighted by Gasteiger charge is -2.11. The van der Waals surface area contributed by atoms with Crippen molar-refractivity contribution in [1.29, 1.82) is 0 Å². The topological polar surface area (TPSA) is 32.3 Å². The maximum Gasteiger partial charge on any atom is 0.0915 e. The van der Waals surface area contributed by atoms with Gasteiger partial charge in [0, 0.05) is 13.1 Å². The van der Waals surface area contributed by atoms with Crippen LogP contribution >= 0.6 is 23.2 Å². The summed E-state index contributed by atoms with van der Waals surface area (Å²) in [5.74, 6) is 0. The Labute approximate surface area is 99.5 Å². The van der Waals surface area contributed by atoms with Crippen molar-refractivity contribution in [1.82, 2.24) is 5.32 Å². The average Bonchev–Trinajstić information content (AvgIpc) is 2.22. The minimum absolute atomic E-state index is 0.455. The smallest absolute Gasteiger partial charge is 0.0915 e. The molecule has 82 valence electrons. The summed E-state index contributed by atoms with van der Waals surface area (Å²) in [5, 5.41) is 13.7. The molecule has 0 spiro atoms. The van der Waals surface area contributed by atoms with Crippen LogP contribution in [0.5, 0.6) is 0 Å². The Morgan fingerprint density at radius 2 is 2.13 bits per heavy atom. The van der Waals surface area contributed by atoms with E-state index in [4.69, 9.17) is 23.2 Å². The van der Waals surface area contributed by atoms with Crippen LogP contribution in [-0.4, -0.2) is 18.2 Å². The molecule has 2 nitrogen and oxygen atoms in total. The van der Waals surface area contributed by atoms with Crippen molar-refractivity contribution in [3.8, 4) is 0 Å². The van der Waals surface area contributed by atoms with Gasteiger partial charge in [-0.05, 0) is 17.7 Å². The standard InChI is InChI=1S/C11H13Cl2NO/c1-2-5-14-7-11(15)8-3-4-9(12)10(13)6-8/h2-4,6,11,14-15H,1,5,7H2. The first-order valence-electron chi connectivity index (χ1n) is 4.59. The fourth-order valence-electron chi connectivity index (χ4n) is 1.16. The van der Waals surface area contributed by atoms with Crippen LogP contribution in [0.4, 0.5) is 0 Å². The summed E-state index contributed by atoms with van der Waals surface area (Å²) in [6.07, 6.45) is 1.15. The highest BCUT2D eigenvalue weighted by atomic mass is 35.5. The Hall–Kier alpha value is -0.540. The van der Waals surface area contributed by atoms with Crippen LogP contribution in [-0.2, 0) is 0 Å². The van der Waals surface area contributed by atoms with E-state index in [2.05, 4.69) is 11.9 Å². The predicted molar refractivity (Wildman–Crippen MR) is 64.5 cm³/mol. The number of benzene rings is 1. The molecule has 0 amide bonds. The molecule has 0 fully saturated rings. The first-order chi connectivity index (χ1) is 7.15. The van der Waals surface area contributed by atoms with Crippen LogP contribution in [0.2, 0.25) is 10.0 Å². The van der Waals surface area contributed by atoms with Gasteiger partial charge in [-0.15, -0.1) is 6.58 Å². The van der Waals surface area contributed by atoms with Gasteiger partial charge in [-0.25, -0.2) is 0 Å². The van der Waals surface area contributed by atoms with Gasteiger partial charge in [0.1, 0.15) is 0 Å². The molecule has 1 atom stereocenters. The Balaban J connectivity index is 2.61. The second-order valence-corrected chi connectivity index (χ2v) is 3.95. The Morgan fingerprint density at radius 3 is 2.73 bits per heavy atom. The fraction of sp³-hybridized carbons (Fsp3) is 0.273. The third kappa shape index (κ3) is 3.84. The minimum atomic E-state index is -0.584. The first kappa shape index (κ1) is 12.5. The Morgan fingerprint density at radius 1 is 1.40 bits per heavy atom. The number of aliphatic hydroxyl groups is 1. The summed E-state index contributed by atoms with van der Waals surface area (Å²) in [5.41, 5.74) is 0.751. The van der Waals surface area contributed by atoms with E-state index in [0.717, 1.165) is 5.56 Å². The van der Waals surface area contributed by atoms with Crippen LogP contribution in [0.15, 0.2) is 30.9 Å². The number of aliphatic hydroxyl groups excluding tert-OH is 1. The summed E-state index contributed by atoms with van der Waals surface area (Å²) in [6.45, 7) is 4.70. The minimum Gasteiger partial charge on any atom is -0.387 e. The van der Waals surface area contributed by atoms with E-state index >= 15 is 0 Å². The van der Waals surface area contributed by atoms with Crippen LogP contribution in [0.3, 0.4) is 0 Å². The maximum atomic E-state index is 9.76. The molecule has 0 bridgehead atoms. The van der Waals surface area contributed by atoms with Crippen molar-refractivity contribution < 1.29 is 5.11 Å². The van der Waals surface area contributed by atoms with Crippen molar-refractivity contribution in [2.45, 2.75) is 6.10 Å². The molecule has 15 heavy (non-hydrogen) atoms. The molecular formula is C11H13Cl2NO. The van der Waals surface area contributed by atoms with Gasteiger partial charge in [0.2, 0.25) is 0 Å². The summed E-state index contributed by atoms with van der Waals surface area (Å²) in [4.78, 5) is 0. The van der Waals surface area contributed by atoms with E-state index < -0.39 is 6.10 Å². The Bertz CT molecular complexity index is 341. The van der Waals surface area contributed by atoms with E-state index in [0.29, 0.717) is 23.1 Å². The van der Waals surface area contributed by atoms with Gasteiger partial charge in [-0.2, -0.15) is 0 Å². The maximum absolute atomic E-state index is 9.76. The molecule has 4 heteroatoms. The highest BCUT2D eigenvalue weighted by Gasteiger charge is 2.08. The normalized spacial score (nSPS) is 12.5. The highest BCUT2D eigenvalue weighted by molar-refractivity contribution is 6.42. The summed E-state index contributed by atoms with van der Waals surface area (Å²) < 4.78 is 0. The SMILES string of the molecule is C=CCNCC(O)c1ccc(Cl)c(Cl)c1. The second kappa shape index (κ2) is 6.13. The molecule has 0 saturated carbocycles. The second-order valence-electron chi connectivity index (χ2n) is 3.14. The van der Waals surface area contributed by atoms with Gasteiger partial charge in [0.25, 0.3) is 0 Å². The zero-order chi connectivity index (χ0) is 11.3. The molecule has 0 aromatic heterocycles. The molecule has 0 radical (unpaired) electrons. The largest absolute Gasteiger partial charge is 0.387 e. The summed E-state index contributed by atoms with van der Waals surface area (Å²) in [7, 11) is 0. The fourth-order valence-corrected chi connectivity index (χ4v) is 1.47. The number of halogens is 2. The van der Waals surface area contributed by atoms with E-state index in [-0.39, 0.29) is 0 Å².